The van der Waals surface area contributed by atoms with Crippen LogP contribution in [0.25, 0.3) is 0 Å². The number of fused-ring (bicyclic) bond motifs is 2. The Balaban J connectivity index is 1.72. The molecular weight excluding hydrogens is 272 g/mol. The predicted molar refractivity (Wildman–Crippen MR) is 84.1 cm³/mol. The standard InChI is InChI=1S/C20H28O2/c1-11-12-9-19-8-5-14-17(2,3)7-6-15(22)18(14,4)20(19,16(11)19)10-13(12)21/h11-12,14,16H,5-10H2,1-4H3/t11-,12-,14-,16-,18+,19+,20-/m0/s1. The van der Waals surface area contributed by atoms with Gasteiger partial charge in [0.05, 0.1) is 0 Å². The first-order chi connectivity index (χ1) is 10.2. The number of carbonyl (C=O) groups is 2. The summed E-state index contributed by atoms with van der Waals surface area (Å²) < 4.78 is 0. The highest BCUT2D eigenvalue weighted by Gasteiger charge is 2.92. The average molecular weight is 300 g/mol. The van der Waals surface area contributed by atoms with E-state index in [-0.39, 0.29) is 16.2 Å². The summed E-state index contributed by atoms with van der Waals surface area (Å²) >= 11 is 0. The molecule has 0 N–H and O–H groups in total. The van der Waals surface area contributed by atoms with Crippen molar-refractivity contribution in [3.8, 4) is 0 Å². The zero-order chi connectivity index (χ0) is 15.7. The van der Waals surface area contributed by atoms with Gasteiger partial charge in [0, 0.05) is 24.2 Å². The number of carbonyl (C=O) groups excluding carboxylic acids is 2. The molecule has 7 atom stereocenters. The van der Waals surface area contributed by atoms with Crippen molar-refractivity contribution < 1.29 is 9.59 Å². The molecule has 2 spiro atoms. The summed E-state index contributed by atoms with van der Waals surface area (Å²) in [5.41, 5.74) is 0.425. The molecule has 0 aromatic carbocycles. The van der Waals surface area contributed by atoms with E-state index in [0.29, 0.717) is 40.7 Å². The molecule has 2 nitrogen and oxygen atoms in total. The van der Waals surface area contributed by atoms with Crippen molar-refractivity contribution in [3.63, 3.8) is 0 Å². The zero-order valence-electron chi connectivity index (χ0n) is 14.4. The van der Waals surface area contributed by atoms with E-state index in [4.69, 9.17) is 0 Å². The van der Waals surface area contributed by atoms with Crippen molar-refractivity contribution in [1.82, 2.24) is 0 Å². The summed E-state index contributed by atoms with van der Waals surface area (Å²) in [5, 5.41) is 0. The Kier molecular flexibility index (Phi) is 2.12. The van der Waals surface area contributed by atoms with Gasteiger partial charge in [-0.2, -0.15) is 0 Å². The van der Waals surface area contributed by atoms with Crippen LogP contribution >= 0.6 is 0 Å². The Hall–Kier alpha value is -0.660. The van der Waals surface area contributed by atoms with Crippen molar-refractivity contribution in [1.29, 1.82) is 0 Å². The summed E-state index contributed by atoms with van der Waals surface area (Å²) in [6.07, 6.45) is 6.08. The van der Waals surface area contributed by atoms with E-state index < -0.39 is 0 Å². The molecule has 2 heteroatoms. The first kappa shape index (κ1) is 13.7. The predicted octanol–water partition coefficient (Wildman–Crippen LogP) is 4.02. The lowest BCUT2D eigenvalue weighted by Gasteiger charge is -2.60. The lowest BCUT2D eigenvalue weighted by atomic mass is 9.42. The van der Waals surface area contributed by atoms with Crippen LogP contribution in [0.2, 0.25) is 0 Å². The lowest BCUT2D eigenvalue weighted by Crippen LogP contribution is -2.60. The van der Waals surface area contributed by atoms with E-state index in [1.807, 2.05) is 0 Å². The second-order valence-corrected chi connectivity index (χ2v) is 10.1. The van der Waals surface area contributed by atoms with Crippen LogP contribution in [0.5, 0.6) is 0 Å². The van der Waals surface area contributed by atoms with Crippen molar-refractivity contribution in [2.24, 2.45) is 45.3 Å². The van der Waals surface area contributed by atoms with Crippen LogP contribution in [-0.2, 0) is 9.59 Å². The maximum absolute atomic E-state index is 13.2. The van der Waals surface area contributed by atoms with Crippen LogP contribution < -0.4 is 0 Å². The van der Waals surface area contributed by atoms with Gasteiger partial charge in [-0.05, 0) is 59.7 Å². The largest absolute Gasteiger partial charge is 0.299 e. The molecule has 0 radical (unpaired) electrons. The van der Waals surface area contributed by atoms with Gasteiger partial charge in [0.1, 0.15) is 11.6 Å². The van der Waals surface area contributed by atoms with Crippen LogP contribution in [0.1, 0.15) is 66.2 Å². The molecule has 6 fully saturated rings. The molecule has 6 rings (SSSR count). The Bertz CT molecular complexity index is 619. The van der Waals surface area contributed by atoms with Gasteiger partial charge in [-0.15, -0.1) is 0 Å². The monoisotopic (exact) mass is 300 g/mol. The fraction of sp³-hybridized carbons (Fsp3) is 0.900. The molecule has 4 bridgehead atoms. The van der Waals surface area contributed by atoms with Crippen molar-refractivity contribution in [3.05, 3.63) is 0 Å². The van der Waals surface area contributed by atoms with Gasteiger partial charge in [0.25, 0.3) is 0 Å². The van der Waals surface area contributed by atoms with Crippen LogP contribution in [0.3, 0.4) is 0 Å². The van der Waals surface area contributed by atoms with E-state index >= 15 is 0 Å². The van der Waals surface area contributed by atoms with Crippen molar-refractivity contribution in [2.45, 2.75) is 66.2 Å². The number of ketones is 2. The molecule has 0 aliphatic heterocycles. The van der Waals surface area contributed by atoms with Gasteiger partial charge < -0.3 is 0 Å². The lowest BCUT2D eigenvalue weighted by molar-refractivity contribution is -0.169. The van der Waals surface area contributed by atoms with Crippen LogP contribution in [0.15, 0.2) is 0 Å². The first-order valence-corrected chi connectivity index (χ1v) is 9.28. The molecule has 22 heavy (non-hydrogen) atoms. The first-order valence-electron chi connectivity index (χ1n) is 9.28. The van der Waals surface area contributed by atoms with Crippen molar-refractivity contribution in [2.75, 3.05) is 0 Å². The summed E-state index contributed by atoms with van der Waals surface area (Å²) in [4.78, 5) is 25.9. The van der Waals surface area contributed by atoms with Crippen LogP contribution in [0, 0.1) is 45.3 Å². The van der Waals surface area contributed by atoms with Gasteiger partial charge in [-0.25, -0.2) is 0 Å². The number of hydrogen-bond acceptors (Lipinski definition) is 2. The summed E-state index contributed by atoms with van der Waals surface area (Å²) in [6, 6.07) is 0. The van der Waals surface area contributed by atoms with Gasteiger partial charge in [-0.1, -0.05) is 27.7 Å². The molecule has 0 aromatic rings. The molecule has 120 valence electrons. The second kappa shape index (κ2) is 3.39. The fourth-order valence-electron chi connectivity index (χ4n) is 8.86. The minimum absolute atomic E-state index is 0.0446. The summed E-state index contributed by atoms with van der Waals surface area (Å²) in [5.74, 6) is 2.96. The quantitative estimate of drug-likeness (QED) is 0.677. The average Bonchev–Trinajstić information content (AvgIpc) is 2.95. The normalized spacial score (nSPS) is 60.7. The molecule has 6 aliphatic carbocycles. The zero-order valence-corrected chi connectivity index (χ0v) is 14.4. The van der Waals surface area contributed by atoms with Gasteiger partial charge in [0.2, 0.25) is 0 Å². The van der Waals surface area contributed by atoms with Gasteiger partial charge in [0.15, 0.2) is 0 Å². The molecule has 0 aromatic heterocycles. The van der Waals surface area contributed by atoms with Gasteiger partial charge >= 0.3 is 0 Å². The Morgan fingerprint density at radius 3 is 2.55 bits per heavy atom. The SMILES string of the molecule is C[C@H]1[C@@H]2C[C@@]34CC[C@H]5C(C)(C)CCC(=O)[C@]5(C)[C@]3(CC2=O)[C@@H]14. The highest BCUT2D eigenvalue weighted by Crippen LogP contribution is 2.94. The second-order valence-electron chi connectivity index (χ2n) is 10.1. The number of hydrogen-bond donors (Lipinski definition) is 0. The highest BCUT2D eigenvalue weighted by atomic mass is 16.1. The molecule has 0 unspecified atom stereocenters. The third-order valence-electron chi connectivity index (χ3n) is 9.56. The van der Waals surface area contributed by atoms with Crippen molar-refractivity contribution >= 4 is 11.6 Å². The van der Waals surface area contributed by atoms with E-state index in [1.54, 1.807) is 0 Å². The van der Waals surface area contributed by atoms with Crippen LogP contribution in [-0.4, -0.2) is 11.6 Å². The third kappa shape index (κ3) is 1.03. The molecule has 6 saturated carbocycles. The molecule has 0 saturated heterocycles. The summed E-state index contributed by atoms with van der Waals surface area (Å²) in [7, 11) is 0. The smallest absolute Gasteiger partial charge is 0.139 e. The van der Waals surface area contributed by atoms with Gasteiger partial charge in [-0.3, -0.25) is 9.59 Å². The van der Waals surface area contributed by atoms with E-state index in [2.05, 4.69) is 27.7 Å². The highest BCUT2D eigenvalue weighted by molar-refractivity contribution is 5.93. The summed E-state index contributed by atoms with van der Waals surface area (Å²) in [6.45, 7) is 9.32. The minimum Gasteiger partial charge on any atom is -0.299 e. The fourth-order valence-corrected chi connectivity index (χ4v) is 8.86. The Morgan fingerprint density at radius 1 is 1.09 bits per heavy atom. The van der Waals surface area contributed by atoms with Crippen LogP contribution in [0.4, 0.5) is 0 Å². The molecule has 0 amide bonds. The molecular formula is C20H28O2. The number of rotatable bonds is 0. The van der Waals surface area contributed by atoms with E-state index in [9.17, 15) is 9.59 Å². The van der Waals surface area contributed by atoms with E-state index in [1.165, 1.54) is 12.8 Å². The number of Topliss-reactive ketones (excluding diaryl/α,β-unsaturated/α-hetero) is 2. The minimum atomic E-state index is -0.229. The maximum Gasteiger partial charge on any atom is 0.139 e. The molecule has 6 aliphatic rings. The molecule has 0 heterocycles. The van der Waals surface area contributed by atoms with E-state index in [0.717, 1.165) is 25.7 Å². The Labute approximate surface area is 133 Å². The Morgan fingerprint density at radius 2 is 1.82 bits per heavy atom. The third-order valence-corrected chi connectivity index (χ3v) is 9.56. The maximum atomic E-state index is 13.2. The topological polar surface area (TPSA) is 34.1 Å².